The van der Waals surface area contributed by atoms with Crippen molar-refractivity contribution in [1.82, 2.24) is 9.55 Å². The van der Waals surface area contributed by atoms with Crippen LogP contribution in [-0.2, 0) is 11.3 Å². The standard InChI is InChI=1S/C16H19N3O4/c1-12-17-9-16(19(20)21)18(12)10-13-4-6-14(7-5-13)23-11-15-3-2-8-22-15/h4-7,9,15H,2-3,8,10-11H2,1H3. The molecule has 23 heavy (non-hydrogen) atoms. The van der Waals surface area contributed by atoms with Gasteiger partial charge in [-0.25, -0.2) is 9.55 Å². The smallest absolute Gasteiger partial charge is 0.343 e. The van der Waals surface area contributed by atoms with Crippen LogP contribution in [0.15, 0.2) is 30.5 Å². The van der Waals surface area contributed by atoms with Crippen LogP contribution in [0.5, 0.6) is 5.75 Å². The highest BCUT2D eigenvalue weighted by Crippen LogP contribution is 2.19. The lowest BCUT2D eigenvalue weighted by Gasteiger charge is -2.11. The Balaban J connectivity index is 1.63. The van der Waals surface area contributed by atoms with Crippen LogP contribution in [0.4, 0.5) is 5.82 Å². The van der Waals surface area contributed by atoms with Crippen molar-refractivity contribution >= 4 is 5.82 Å². The van der Waals surface area contributed by atoms with E-state index in [1.807, 2.05) is 24.3 Å². The first-order valence-corrected chi connectivity index (χ1v) is 7.63. The fourth-order valence-corrected chi connectivity index (χ4v) is 2.64. The zero-order valence-electron chi connectivity index (χ0n) is 13.0. The summed E-state index contributed by atoms with van der Waals surface area (Å²) in [5.74, 6) is 1.40. The van der Waals surface area contributed by atoms with Gasteiger partial charge in [-0.05, 0) is 35.5 Å². The second-order valence-electron chi connectivity index (χ2n) is 5.60. The molecule has 122 valence electrons. The fraction of sp³-hybridized carbons (Fsp3) is 0.438. The van der Waals surface area contributed by atoms with Crippen LogP contribution in [0.1, 0.15) is 24.2 Å². The van der Waals surface area contributed by atoms with Crippen LogP contribution in [0.25, 0.3) is 0 Å². The van der Waals surface area contributed by atoms with Gasteiger partial charge in [0.05, 0.1) is 6.10 Å². The molecule has 1 aliphatic heterocycles. The van der Waals surface area contributed by atoms with Crippen molar-refractivity contribution in [1.29, 1.82) is 0 Å². The van der Waals surface area contributed by atoms with E-state index in [0.29, 0.717) is 19.0 Å². The molecule has 7 heteroatoms. The molecule has 0 radical (unpaired) electrons. The van der Waals surface area contributed by atoms with Gasteiger partial charge in [0.1, 0.15) is 25.1 Å². The van der Waals surface area contributed by atoms with Gasteiger partial charge >= 0.3 is 5.82 Å². The predicted molar refractivity (Wildman–Crippen MR) is 83.6 cm³/mol. The van der Waals surface area contributed by atoms with Gasteiger partial charge < -0.3 is 19.6 Å². The Bertz CT molecular complexity index is 675. The van der Waals surface area contributed by atoms with Crippen LogP contribution >= 0.6 is 0 Å². The van der Waals surface area contributed by atoms with Gasteiger partial charge in [0.25, 0.3) is 0 Å². The number of ether oxygens (including phenoxy) is 2. The van der Waals surface area contributed by atoms with Gasteiger partial charge in [-0.1, -0.05) is 12.1 Å². The average molecular weight is 317 g/mol. The highest BCUT2D eigenvalue weighted by molar-refractivity contribution is 5.29. The summed E-state index contributed by atoms with van der Waals surface area (Å²) in [7, 11) is 0. The first kappa shape index (κ1) is 15.5. The molecule has 1 saturated heterocycles. The number of hydrogen-bond acceptors (Lipinski definition) is 5. The highest BCUT2D eigenvalue weighted by Gasteiger charge is 2.18. The highest BCUT2D eigenvalue weighted by atomic mass is 16.6. The van der Waals surface area contributed by atoms with E-state index in [4.69, 9.17) is 9.47 Å². The van der Waals surface area contributed by atoms with E-state index in [0.717, 1.165) is 30.8 Å². The summed E-state index contributed by atoms with van der Waals surface area (Å²) in [4.78, 5) is 14.6. The van der Waals surface area contributed by atoms with Crippen molar-refractivity contribution in [2.24, 2.45) is 0 Å². The van der Waals surface area contributed by atoms with Crippen molar-refractivity contribution in [3.8, 4) is 5.75 Å². The first-order valence-electron chi connectivity index (χ1n) is 7.63. The molecule has 1 aromatic carbocycles. The molecule has 1 aromatic heterocycles. The maximum absolute atomic E-state index is 11.0. The van der Waals surface area contributed by atoms with Gasteiger partial charge in [-0.15, -0.1) is 0 Å². The maximum atomic E-state index is 11.0. The molecule has 3 rings (SSSR count). The van der Waals surface area contributed by atoms with Gasteiger partial charge in [0.2, 0.25) is 0 Å². The Hall–Kier alpha value is -2.41. The van der Waals surface area contributed by atoms with Crippen molar-refractivity contribution in [2.45, 2.75) is 32.4 Å². The molecule has 1 unspecified atom stereocenters. The molecule has 0 aliphatic carbocycles. The van der Waals surface area contributed by atoms with Crippen LogP contribution < -0.4 is 4.74 Å². The number of rotatable bonds is 6. The fourth-order valence-electron chi connectivity index (χ4n) is 2.64. The third kappa shape index (κ3) is 3.68. The molecule has 0 N–H and O–H groups in total. The van der Waals surface area contributed by atoms with Gasteiger partial charge in [0.15, 0.2) is 5.82 Å². The van der Waals surface area contributed by atoms with Crippen molar-refractivity contribution < 1.29 is 14.4 Å². The molecule has 0 amide bonds. The molecule has 1 fully saturated rings. The summed E-state index contributed by atoms with van der Waals surface area (Å²) in [5, 5.41) is 11.0. The van der Waals surface area contributed by atoms with E-state index in [9.17, 15) is 10.1 Å². The first-order chi connectivity index (χ1) is 11.1. The number of nitrogens with zero attached hydrogens (tertiary/aromatic N) is 3. The van der Waals surface area contributed by atoms with Gasteiger partial charge in [-0.3, -0.25) is 0 Å². The lowest BCUT2D eigenvalue weighted by Crippen LogP contribution is -2.16. The Morgan fingerprint density at radius 1 is 1.43 bits per heavy atom. The Morgan fingerprint density at radius 2 is 2.22 bits per heavy atom. The van der Waals surface area contributed by atoms with Gasteiger partial charge in [0, 0.05) is 13.5 Å². The Kier molecular flexibility index (Phi) is 4.57. The molecule has 0 spiro atoms. The van der Waals surface area contributed by atoms with E-state index in [1.165, 1.54) is 6.20 Å². The number of imidazole rings is 1. The summed E-state index contributed by atoms with van der Waals surface area (Å²) in [6.07, 6.45) is 3.61. The molecule has 1 aliphatic rings. The molecule has 0 bridgehead atoms. The minimum absolute atomic E-state index is 0.00112. The van der Waals surface area contributed by atoms with Crippen LogP contribution in [0.3, 0.4) is 0 Å². The van der Waals surface area contributed by atoms with Crippen molar-refractivity contribution in [3.63, 3.8) is 0 Å². The zero-order chi connectivity index (χ0) is 16.2. The van der Waals surface area contributed by atoms with Gasteiger partial charge in [-0.2, -0.15) is 0 Å². The summed E-state index contributed by atoms with van der Waals surface area (Å²) in [6.45, 7) is 3.54. The SMILES string of the molecule is Cc1ncc([N+](=O)[O-])n1Cc1ccc(OCC2CCCO2)cc1. The maximum Gasteiger partial charge on any atom is 0.343 e. The number of aromatic nitrogens is 2. The third-order valence-electron chi connectivity index (χ3n) is 3.95. The molecular weight excluding hydrogens is 298 g/mol. The quantitative estimate of drug-likeness (QED) is 0.604. The lowest BCUT2D eigenvalue weighted by atomic mass is 10.2. The Labute approximate surface area is 134 Å². The second kappa shape index (κ2) is 6.78. The summed E-state index contributed by atoms with van der Waals surface area (Å²) < 4.78 is 12.8. The zero-order valence-corrected chi connectivity index (χ0v) is 13.0. The molecule has 2 aromatic rings. The minimum Gasteiger partial charge on any atom is -0.491 e. The molecule has 0 saturated carbocycles. The van der Waals surface area contributed by atoms with E-state index in [-0.39, 0.29) is 11.9 Å². The average Bonchev–Trinajstić information content (AvgIpc) is 3.17. The van der Waals surface area contributed by atoms with E-state index in [1.54, 1.807) is 11.5 Å². The molecule has 2 heterocycles. The second-order valence-corrected chi connectivity index (χ2v) is 5.60. The molecule has 1 atom stereocenters. The number of benzene rings is 1. The van der Waals surface area contributed by atoms with Crippen LogP contribution in [-0.4, -0.2) is 33.8 Å². The largest absolute Gasteiger partial charge is 0.491 e. The summed E-state index contributed by atoms with van der Waals surface area (Å²) in [6, 6.07) is 7.58. The normalized spacial score (nSPS) is 17.3. The summed E-state index contributed by atoms with van der Waals surface area (Å²) >= 11 is 0. The lowest BCUT2D eigenvalue weighted by molar-refractivity contribution is -0.392. The Morgan fingerprint density at radius 3 is 2.87 bits per heavy atom. The molecule has 7 nitrogen and oxygen atoms in total. The third-order valence-corrected chi connectivity index (χ3v) is 3.95. The minimum atomic E-state index is -0.418. The van der Waals surface area contributed by atoms with E-state index >= 15 is 0 Å². The van der Waals surface area contributed by atoms with E-state index < -0.39 is 4.92 Å². The predicted octanol–water partition coefficient (Wildman–Crippen LogP) is 2.71. The monoisotopic (exact) mass is 317 g/mol. The molecular formula is C16H19N3O4. The number of aryl methyl sites for hydroxylation is 1. The van der Waals surface area contributed by atoms with E-state index in [2.05, 4.69) is 4.98 Å². The number of hydrogen-bond donors (Lipinski definition) is 0. The van der Waals surface area contributed by atoms with Crippen molar-refractivity contribution in [2.75, 3.05) is 13.2 Å². The summed E-state index contributed by atoms with van der Waals surface area (Å²) in [5.41, 5.74) is 0.957. The van der Waals surface area contributed by atoms with Crippen LogP contribution in [0.2, 0.25) is 0 Å². The van der Waals surface area contributed by atoms with Crippen molar-refractivity contribution in [3.05, 3.63) is 52.0 Å². The topological polar surface area (TPSA) is 79.4 Å². The van der Waals surface area contributed by atoms with Crippen LogP contribution in [0, 0.1) is 17.0 Å². The number of nitro groups is 1.